The topological polar surface area (TPSA) is 50.9 Å². The normalized spacial score (nSPS) is 12.8. The van der Waals surface area contributed by atoms with Gasteiger partial charge in [0.05, 0.1) is 17.3 Å². The van der Waals surface area contributed by atoms with Gasteiger partial charge in [0.25, 0.3) is 0 Å². The summed E-state index contributed by atoms with van der Waals surface area (Å²) in [5.74, 6) is 0. The highest BCUT2D eigenvalue weighted by Crippen LogP contribution is 2.26. The second-order valence-corrected chi connectivity index (χ2v) is 5.23. The molecule has 4 nitrogen and oxygen atoms in total. The Labute approximate surface area is 118 Å². The summed E-state index contributed by atoms with van der Waals surface area (Å²) in [7, 11) is 0. The van der Waals surface area contributed by atoms with Gasteiger partial charge in [-0.05, 0) is 52.7 Å². The molecule has 0 aliphatic carbocycles. The molecule has 0 unspecified atom stereocenters. The maximum atomic E-state index is 9.59. The highest BCUT2D eigenvalue weighted by Gasteiger charge is 2.10. The van der Waals surface area contributed by atoms with Gasteiger partial charge in [0.1, 0.15) is 5.52 Å². The lowest BCUT2D eigenvalue weighted by atomic mass is 10.1. The third-order valence-electron chi connectivity index (χ3n) is 3.03. The fraction of sp³-hybridized carbons (Fsp3) is 0.143. The third kappa shape index (κ3) is 2.15. The van der Waals surface area contributed by atoms with Crippen molar-refractivity contribution in [1.82, 2.24) is 15.0 Å². The zero-order valence-electron chi connectivity index (χ0n) is 10.3. The predicted octanol–water partition coefficient (Wildman–Crippen LogP) is 3.24. The van der Waals surface area contributed by atoms with Crippen molar-refractivity contribution in [2.75, 3.05) is 0 Å². The number of halogens is 1. The molecule has 1 N–H and O–H groups in total. The van der Waals surface area contributed by atoms with E-state index >= 15 is 0 Å². The number of aliphatic hydroxyl groups is 1. The summed E-state index contributed by atoms with van der Waals surface area (Å²) in [6.07, 6.45) is -0.488. The first-order valence-electron chi connectivity index (χ1n) is 5.95. The molecule has 0 aliphatic heterocycles. The minimum Gasteiger partial charge on any atom is -0.389 e. The summed E-state index contributed by atoms with van der Waals surface area (Å²) < 4.78 is 2.66. The van der Waals surface area contributed by atoms with Gasteiger partial charge in [-0.3, -0.25) is 0 Å². The smallest absolute Gasteiger partial charge is 0.113 e. The highest BCUT2D eigenvalue weighted by molar-refractivity contribution is 9.10. The maximum Gasteiger partial charge on any atom is 0.113 e. The maximum absolute atomic E-state index is 9.59. The van der Waals surface area contributed by atoms with Crippen LogP contribution >= 0.6 is 15.9 Å². The molecule has 0 spiro atoms. The third-order valence-corrected chi connectivity index (χ3v) is 3.67. The van der Waals surface area contributed by atoms with Crippen molar-refractivity contribution in [1.29, 1.82) is 0 Å². The first kappa shape index (κ1) is 12.3. The van der Waals surface area contributed by atoms with Gasteiger partial charge in [0, 0.05) is 4.47 Å². The fourth-order valence-electron chi connectivity index (χ4n) is 2.00. The Kier molecular flexibility index (Phi) is 3.08. The largest absolute Gasteiger partial charge is 0.389 e. The molecule has 1 aromatic heterocycles. The predicted molar refractivity (Wildman–Crippen MR) is 77.2 cm³/mol. The molecular formula is C14H12BrN3O. The number of fused-ring (bicyclic) bond motifs is 1. The van der Waals surface area contributed by atoms with Crippen LogP contribution < -0.4 is 0 Å². The van der Waals surface area contributed by atoms with Crippen molar-refractivity contribution in [3.63, 3.8) is 0 Å². The summed E-state index contributed by atoms with van der Waals surface area (Å²) in [5.41, 5.74) is 3.57. The average molecular weight is 318 g/mol. The van der Waals surface area contributed by atoms with E-state index < -0.39 is 6.10 Å². The van der Waals surface area contributed by atoms with Crippen LogP contribution in [0.5, 0.6) is 0 Å². The number of para-hydroxylation sites is 1. The van der Waals surface area contributed by atoms with Crippen molar-refractivity contribution in [2.24, 2.45) is 0 Å². The van der Waals surface area contributed by atoms with Gasteiger partial charge in [-0.25, -0.2) is 4.68 Å². The fourth-order valence-corrected chi connectivity index (χ4v) is 2.57. The summed E-state index contributed by atoms with van der Waals surface area (Å²) in [5, 5.41) is 17.9. The van der Waals surface area contributed by atoms with E-state index in [9.17, 15) is 5.11 Å². The molecule has 0 saturated heterocycles. The molecule has 96 valence electrons. The molecule has 3 aromatic rings. The standard InChI is InChI=1S/C14H12BrN3O/c1-9(19)10-6-7-13(11(15)8-10)18-14-5-3-2-4-12(14)16-17-18/h2-9,19H,1H3/t9-/m0/s1. The van der Waals surface area contributed by atoms with Crippen LogP contribution in [0.3, 0.4) is 0 Å². The molecule has 5 heteroatoms. The van der Waals surface area contributed by atoms with Gasteiger partial charge >= 0.3 is 0 Å². The van der Waals surface area contributed by atoms with E-state index in [1.165, 1.54) is 0 Å². The SMILES string of the molecule is C[C@H](O)c1ccc(-n2nnc3ccccc32)c(Br)c1. The second-order valence-electron chi connectivity index (χ2n) is 4.38. The molecule has 0 saturated carbocycles. The van der Waals surface area contributed by atoms with Crippen LogP contribution in [0.1, 0.15) is 18.6 Å². The summed E-state index contributed by atoms with van der Waals surface area (Å²) in [6, 6.07) is 13.5. The number of rotatable bonds is 2. The molecular weight excluding hydrogens is 306 g/mol. The van der Waals surface area contributed by atoms with Gasteiger partial charge in [0.2, 0.25) is 0 Å². The van der Waals surface area contributed by atoms with E-state index in [4.69, 9.17) is 0 Å². The van der Waals surface area contributed by atoms with Crippen molar-refractivity contribution in [2.45, 2.75) is 13.0 Å². The Morgan fingerprint density at radius 3 is 2.74 bits per heavy atom. The number of aromatic nitrogens is 3. The average Bonchev–Trinajstić information content (AvgIpc) is 2.82. The minimum atomic E-state index is -0.488. The van der Waals surface area contributed by atoms with Crippen molar-refractivity contribution >= 4 is 27.0 Å². The zero-order valence-corrected chi connectivity index (χ0v) is 11.9. The molecule has 19 heavy (non-hydrogen) atoms. The molecule has 1 atom stereocenters. The van der Waals surface area contributed by atoms with E-state index in [0.29, 0.717) is 0 Å². The van der Waals surface area contributed by atoms with Crippen LogP contribution in [0.25, 0.3) is 16.7 Å². The highest BCUT2D eigenvalue weighted by atomic mass is 79.9. The quantitative estimate of drug-likeness (QED) is 0.789. The van der Waals surface area contributed by atoms with Crippen LogP contribution in [-0.2, 0) is 0 Å². The summed E-state index contributed by atoms with van der Waals surface area (Å²) in [6.45, 7) is 1.74. The Balaban J connectivity index is 2.17. The first-order chi connectivity index (χ1) is 9.16. The molecule has 0 fully saturated rings. The first-order valence-corrected chi connectivity index (χ1v) is 6.74. The Morgan fingerprint density at radius 2 is 2.00 bits per heavy atom. The summed E-state index contributed by atoms with van der Waals surface area (Å²) in [4.78, 5) is 0. The monoisotopic (exact) mass is 317 g/mol. The van der Waals surface area contributed by atoms with Gasteiger partial charge in [0.15, 0.2) is 0 Å². The lowest BCUT2D eigenvalue weighted by Gasteiger charge is -2.09. The number of hydrogen-bond acceptors (Lipinski definition) is 3. The molecule has 0 amide bonds. The van der Waals surface area contributed by atoms with Crippen molar-refractivity contribution in [3.05, 3.63) is 52.5 Å². The van der Waals surface area contributed by atoms with Gasteiger partial charge in [-0.2, -0.15) is 0 Å². The molecule has 3 rings (SSSR count). The molecule has 0 aliphatic rings. The van der Waals surface area contributed by atoms with Crippen LogP contribution in [0.15, 0.2) is 46.9 Å². The number of hydrogen-bond donors (Lipinski definition) is 1. The van der Waals surface area contributed by atoms with Crippen molar-refractivity contribution in [3.8, 4) is 5.69 Å². The molecule has 0 radical (unpaired) electrons. The number of benzene rings is 2. The number of nitrogens with zero attached hydrogens (tertiary/aromatic N) is 3. The van der Waals surface area contributed by atoms with Crippen LogP contribution in [0.4, 0.5) is 0 Å². The Morgan fingerprint density at radius 1 is 1.21 bits per heavy atom. The van der Waals surface area contributed by atoms with Crippen LogP contribution in [0.2, 0.25) is 0 Å². The van der Waals surface area contributed by atoms with E-state index in [-0.39, 0.29) is 0 Å². The van der Waals surface area contributed by atoms with Gasteiger partial charge in [-0.15, -0.1) is 5.10 Å². The van der Waals surface area contributed by atoms with Crippen molar-refractivity contribution < 1.29 is 5.11 Å². The molecule has 1 heterocycles. The summed E-state index contributed by atoms with van der Waals surface area (Å²) >= 11 is 3.52. The van der Waals surface area contributed by atoms with E-state index in [1.807, 2.05) is 42.5 Å². The zero-order chi connectivity index (χ0) is 13.4. The lowest BCUT2D eigenvalue weighted by molar-refractivity contribution is 0.199. The lowest BCUT2D eigenvalue weighted by Crippen LogP contribution is -1.99. The number of aliphatic hydroxyl groups excluding tert-OH is 1. The van der Waals surface area contributed by atoms with E-state index in [0.717, 1.165) is 26.8 Å². The van der Waals surface area contributed by atoms with E-state index in [1.54, 1.807) is 11.6 Å². The van der Waals surface area contributed by atoms with E-state index in [2.05, 4.69) is 26.2 Å². The molecule has 2 aromatic carbocycles. The van der Waals surface area contributed by atoms with Gasteiger partial charge < -0.3 is 5.11 Å². The van der Waals surface area contributed by atoms with Crippen LogP contribution in [-0.4, -0.2) is 20.1 Å². The Bertz CT molecular complexity index is 736. The minimum absolute atomic E-state index is 0.488. The van der Waals surface area contributed by atoms with Crippen LogP contribution in [0, 0.1) is 0 Å². The Hall–Kier alpha value is -1.72. The molecule has 0 bridgehead atoms. The second kappa shape index (κ2) is 4.75. The van der Waals surface area contributed by atoms with Gasteiger partial charge in [-0.1, -0.05) is 23.4 Å².